The fraction of sp³-hybridized carbons (Fsp3) is 0.375. The number of carbonyl (C=O) groups excluding carboxylic acids is 1. The quantitative estimate of drug-likeness (QED) is 0.906. The van der Waals surface area contributed by atoms with Gasteiger partial charge in [0.1, 0.15) is 5.76 Å². The topological polar surface area (TPSA) is 67.2 Å². The van der Waals surface area contributed by atoms with E-state index in [-0.39, 0.29) is 11.4 Å². The smallest absolute Gasteiger partial charge is 0.320 e. The highest BCUT2D eigenvalue weighted by atomic mass is 16.5. The Bertz CT molecular complexity index is 626. The number of nitrogens with one attached hydrogen (secondary N) is 2. The number of urea groups is 1. The maximum absolute atomic E-state index is 11.8. The number of rotatable bonds is 3. The highest BCUT2D eigenvalue weighted by Crippen LogP contribution is 2.24. The molecule has 5 nitrogen and oxygen atoms in total. The van der Waals surface area contributed by atoms with Crippen LogP contribution in [0.3, 0.4) is 0 Å². The molecule has 0 unspecified atom stereocenters. The highest BCUT2D eigenvalue weighted by molar-refractivity contribution is 5.88. The Morgan fingerprint density at radius 3 is 2.67 bits per heavy atom. The van der Waals surface area contributed by atoms with E-state index in [2.05, 4.69) is 15.8 Å². The molecule has 0 fully saturated rings. The molecule has 5 heteroatoms. The Labute approximate surface area is 124 Å². The van der Waals surface area contributed by atoms with Crippen molar-refractivity contribution in [3.8, 4) is 0 Å². The lowest BCUT2D eigenvalue weighted by molar-refractivity contribution is 0.251. The van der Waals surface area contributed by atoms with E-state index in [4.69, 9.17) is 4.52 Å². The van der Waals surface area contributed by atoms with Crippen LogP contribution < -0.4 is 10.6 Å². The summed E-state index contributed by atoms with van der Waals surface area (Å²) >= 11 is 0. The normalized spacial score (nSPS) is 11.2. The van der Waals surface area contributed by atoms with Crippen LogP contribution in [0.1, 0.15) is 37.7 Å². The van der Waals surface area contributed by atoms with Gasteiger partial charge in [-0.05, 0) is 12.5 Å². The molecule has 112 valence electrons. The van der Waals surface area contributed by atoms with Crippen LogP contribution in [0.2, 0.25) is 0 Å². The predicted molar refractivity (Wildman–Crippen MR) is 82.2 cm³/mol. The molecule has 0 spiro atoms. The van der Waals surface area contributed by atoms with Crippen LogP contribution >= 0.6 is 0 Å². The molecule has 0 atom stereocenters. The molecule has 0 aliphatic rings. The van der Waals surface area contributed by atoms with Gasteiger partial charge >= 0.3 is 6.03 Å². The zero-order valence-electron chi connectivity index (χ0n) is 12.9. The Morgan fingerprint density at radius 2 is 2.05 bits per heavy atom. The van der Waals surface area contributed by atoms with E-state index in [0.717, 1.165) is 11.3 Å². The van der Waals surface area contributed by atoms with E-state index in [9.17, 15) is 4.79 Å². The van der Waals surface area contributed by atoms with Crippen molar-refractivity contribution in [2.45, 2.75) is 39.7 Å². The number of benzene rings is 1. The summed E-state index contributed by atoms with van der Waals surface area (Å²) in [5.41, 5.74) is 2.09. The minimum absolute atomic E-state index is 0.134. The molecular formula is C16H21N3O2. The second-order valence-corrected chi connectivity index (χ2v) is 6.12. The molecule has 0 saturated heterocycles. The van der Waals surface area contributed by atoms with Crippen molar-refractivity contribution in [1.29, 1.82) is 0 Å². The molecule has 1 heterocycles. The van der Waals surface area contributed by atoms with Crippen molar-refractivity contribution in [3.63, 3.8) is 0 Å². The van der Waals surface area contributed by atoms with Gasteiger partial charge in [-0.1, -0.05) is 55.8 Å². The lowest BCUT2D eigenvalue weighted by atomic mass is 9.93. The second-order valence-electron chi connectivity index (χ2n) is 6.12. The molecule has 2 N–H and O–H groups in total. The van der Waals surface area contributed by atoms with Gasteiger partial charge in [-0.25, -0.2) is 4.79 Å². The third kappa shape index (κ3) is 4.34. The average Bonchev–Trinajstić information content (AvgIpc) is 2.85. The first-order valence-corrected chi connectivity index (χ1v) is 6.92. The molecular weight excluding hydrogens is 266 g/mol. The Hall–Kier alpha value is -2.30. The first-order chi connectivity index (χ1) is 9.84. The monoisotopic (exact) mass is 287 g/mol. The Morgan fingerprint density at radius 1 is 1.29 bits per heavy atom. The molecule has 21 heavy (non-hydrogen) atoms. The van der Waals surface area contributed by atoms with Gasteiger partial charge in [-0.3, -0.25) is 5.32 Å². The standard InChI is InChI=1S/C16H21N3O2/c1-11-6-5-7-12(8-11)10-17-15(20)18-14-9-13(21-19-14)16(2,3)4/h5-9H,10H2,1-4H3,(H2,17,18,19,20). The van der Waals surface area contributed by atoms with Gasteiger partial charge in [0.15, 0.2) is 5.82 Å². The molecule has 2 rings (SSSR count). The number of hydrogen-bond donors (Lipinski definition) is 2. The van der Waals surface area contributed by atoms with Crippen LogP contribution in [0.5, 0.6) is 0 Å². The van der Waals surface area contributed by atoms with Crippen molar-refractivity contribution in [2.24, 2.45) is 0 Å². The lowest BCUT2D eigenvalue weighted by Gasteiger charge is -2.12. The summed E-state index contributed by atoms with van der Waals surface area (Å²) in [6, 6.07) is 9.44. The number of aromatic nitrogens is 1. The second kappa shape index (κ2) is 5.99. The van der Waals surface area contributed by atoms with Crippen LogP contribution in [-0.2, 0) is 12.0 Å². The molecule has 0 saturated carbocycles. The van der Waals surface area contributed by atoms with Crippen LogP contribution in [0.4, 0.5) is 10.6 Å². The number of carbonyl (C=O) groups is 1. The summed E-state index contributed by atoms with van der Waals surface area (Å²) in [4.78, 5) is 11.8. The van der Waals surface area contributed by atoms with Gasteiger partial charge in [0.25, 0.3) is 0 Å². The Balaban J connectivity index is 1.89. The molecule has 1 aromatic heterocycles. The van der Waals surface area contributed by atoms with Crippen molar-refractivity contribution in [2.75, 3.05) is 5.32 Å². The first-order valence-electron chi connectivity index (χ1n) is 6.92. The zero-order valence-corrected chi connectivity index (χ0v) is 12.9. The van der Waals surface area contributed by atoms with Gasteiger partial charge in [0.2, 0.25) is 0 Å². The fourth-order valence-electron chi connectivity index (χ4n) is 1.85. The summed E-state index contributed by atoms with van der Waals surface area (Å²) in [5.74, 6) is 1.15. The number of hydrogen-bond acceptors (Lipinski definition) is 3. The van der Waals surface area contributed by atoms with Crippen LogP contribution in [-0.4, -0.2) is 11.2 Å². The van der Waals surface area contributed by atoms with E-state index in [1.54, 1.807) is 6.07 Å². The number of nitrogens with zero attached hydrogens (tertiary/aromatic N) is 1. The van der Waals surface area contributed by atoms with Crippen LogP contribution in [0.15, 0.2) is 34.9 Å². The average molecular weight is 287 g/mol. The molecule has 2 aromatic rings. The fourth-order valence-corrected chi connectivity index (χ4v) is 1.85. The van der Waals surface area contributed by atoms with Crippen LogP contribution in [0.25, 0.3) is 0 Å². The van der Waals surface area contributed by atoms with Gasteiger partial charge in [-0.2, -0.15) is 0 Å². The maximum Gasteiger partial charge on any atom is 0.320 e. The lowest BCUT2D eigenvalue weighted by Crippen LogP contribution is -2.28. The zero-order chi connectivity index (χ0) is 15.5. The van der Waals surface area contributed by atoms with Gasteiger partial charge in [0.05, 0.1) is 0 Å². The number of anilines is 1. The van der Waals surface area contributed by atoms with Gasteiger partial charge in [0, 0.05) is 18.0 Å². The van der Waals surface area contributed by atoms with E-state index >= 15 is 0 Å². The minimum atomic E-state index is -0.301. The van der Waals surface area contributed by atoms with E-state index < -0.39 is 0 Å². The number of amides is 2. The maximum atomic E-state index is 11.8. The van der Waals surface area contributed by atoms with Crippen molar-refractivity contribution < 1.29 is 9.32 Å². The largest absolute Gasteiger partial charge is 0.359 e. The summed E-state index contributed by atoms with van der Waals surface area (Å²) in [6.07, 6.45) is 0. The summed E-state index contributed by atoms with van der Waals surface area (Å²) in [7, 11) is 0. The third-order valence-corrected chi connectivity index (χ3v) is 3.03. The SMILES string of the molecule is Cc1cccc(CNC(=O)Nc2cc(C(C)(C)C)on2)c1. The highest BCUT2D eigenvalue weighted by Gasteiger charge is 2.20. The molecule has 0 aliphatic carbocycles. The van der Waals surface area contributed by atoms with E-state index in [1.165, 1.54) is 5.56 Å². The molecule has 1 aromatic carbocycles. The summed E-state index contributed by atoms with van der Waals surface area (Å²) in [6.45, 7) is 8.56. The van der Waals surface area contributed by atoms with Gasteiger partial charge < -0.3 is 9.84 Å². The predicted octanol–water partition coefficient (Wildman–Crippen LogP) is 3.60. The first kappa shape index (κ1) is 15.1. The number of aryl methyl sites for hydroxylation is 1. The summed E-state index contributed by atoms with van der Waals surface area (Å²) in [5, 5.41) is 9.30. The Kier molecular flexibility index (Phi) is 4.31. The molecule has 0 radical (unpaired) electrons. The van der Waals surface area contributed by atoms with Crippen molar-refractivity contribution >= 4 is 11.8 Å². The van der Waals surface area contributed by atoms with E-state index in [1.807, 2.05) is 52.0 Å². The van der Waals surface area contributed by atoms with E-state index in [0.29, 0.717) is 12.4 Å². The molecule has 2 amide bonds. The van der Waals surface area contributed by atoms with Crippen molar-refractivity contribution in [3.05, 3.63) is 47.2 Å². The summed E-state index contributed by atoms with van der Waals surface area (Å²) < 4.78 is 5.22. The molecule has 0 aliphatic heterocycles. The third-order valence-electron chi connectivity index (χ3n) is 3.03. The van der Waals surface area contributed by atoms with Gasteiger partial charge in [-0.15, -0.1) is 0 Å². The molecule has 0 bridgehead atoms. The van der Waals surface area contributed by atoms with Crippen molar-refractivity contribution in [1.82, 2.24) is 10.5 Å². The van der Waals surface area contributed by atoms with Crippen LogP contribution in [0, 0.1) is 6.92 Å². The minimum Gasteiger partial charge on any atom is -0.359 e.